The minimum Gasteiger partial charge on any atom is -0.494 e. The summed E-state index contributed by atoms with van der Waals surface area (Å²) < 4.78 is 17.6. The van der Waals surface area contributed by atoms with E-state index in [-0.39, 0.29) is 5.91 Å². The first-order chi connectivity index (χ1) is 15.5. The number of carbonyl (C=O) groups excluding carboxylic acids is 1. The lowest BCUT2D eigenvalue weighted by Gasteiger charge is -2.29. The Morgan fingerprint density at radius 1 is 1.28 bits per heavy atom. The largest absolute Gasteiger partial charge is 0.494 e. The molecule has 2 aromatic heterocycles. The highest BCUT2D eigenvalue weighted by Crippen LogP contribution is 2.39. The van der Waals surface area contributed by atoms with Gasteiger partial charge in [-0.1, -0.05) is 11.3 Å². The summed E-state index contributed by atoms with van der Waals surface area (Å²) in [4.78, 5) is 26.0. The lowest BCUT2D eigenvalue weighted by atomic mass is 10.2. The number of nitrogens with one attached hydrogen (secondary N) is 1. The lowest BCUT2D eigenvalue weighted by Crippen LogP contribution is -2.36. The maximum absolute atomic E-state index is 12.9. The third-order valence-corrected chi connectivity index (χ3v) is 6.06. The van der Waals surface area contributed by atoms with Gasteiger partial charge in [0.2, 0.25) is 5.88 Å². The molecule has 1 aliphatic rings. The number of methoxy groups -OCH3 is 1. The Kier molecular flexibility index (Phi) is 7.03. The lowest BCUT2D eigenvalue weighted by molar-refractivity contribution is 0.102. The van der Waals surface area contributed by atoms with Crippen molar-refractivity contribution in [2.24, 2.45) is 0 Å². The monoisotopic (exact) mass is 457 g/mol. The van der Waals surface area contributed by atoms with Crippen LogP contribution in [0.1, 0.15) is 10.4 Å². The highest BCUT2D eigenvalue weighted by molar-refractivity contribution is 7.23. The number of morpholine rings is 1. The van der Waals surface area contributed by atoms with Gasteiger partial charge in [-0.3, -0.25) is 10.1 Å². The summed E-state index contributed by atoms with van der Waals surface area (Å²) >= 11 is 1.43. The van der Waals surface area contributed by atoms with Gasteiger partial charge in [0.1, 0.15) is 17.9 Å². The Morgan fingerprint density at radius 2 is 2.09 bits per heavy atom. The van der Waals surface area contributed by atoms with Crippen LogP contribution in [0.5, 0.6) is 11.6 Å². The van der Waals surface area contributed by atoms with Crippen molar-refractivity contribution in [1.82, 2.24) is 14.9 Å². The highest BCUT2D eigenvalue weighted by atomic mass is 32.1. The van der Waals surface area contributed by atoms with Crippen LogP contribution in [0.25, 0.3) is 10.2 Å². The Bertz CT molecular complexity index is 1080. The van der Waals surface area contributed by atoms with Crippen LogP contribution in [-0.2, 0) is 4.74 Å². The number of fused-ring (bicyclic) bond motifs is 1. The molecule has 3 heterocycles. The van der Waals surface area contributed by atoms with Crippen LogP contribution in [0.4, 0.5) is 10.8 Å². The zero-order valence-electron chi connectivity index (χ0n) is 18.5. The van der Waals surface area contributed by atoms with Gasteiger partial charge in [0, 0.05) is 37.5 Å². The molecule has 1 amide bonds. The molecule has 1 aromatic carbocycles. The van der Waals surface area contributed by atoms with Crippen LogP contribution in [0.3, 0.4) is 0 Å². The van der Waals surface area contributed by atoms with Crippen molar-refractivity contribution in [2.45, 2.75) is 0 Å². The van der Waals surface area contributed by atoms with E-state index in [1.807, 2.05) is 31.1 Å². The zero-order valence-corrected chi connectivity index (χ0v) is 19.3. The molecule has 1 fully saturated rings. The molecule has 32 heavy (non-hydrogen) atoms. The smallest absolute Gasteiger partial charge is 0.257 e. The van der Waals surface area contributed by atoms with Gasteiger partial charge in [-0.25, -0.2) is 9.97 Å². The van der Waals surface area contributed by atoms with Gasteiger partial charge in [-0.15, -0.1) is 0 Å². The normalized spacial score (nSPS) is 14.1. The molecule has 9 nitrogen and oxygen atoms in total. The molecule has 0 saturated carbocycles. The van der Waals surface area contributed by atoms with E-state index in [0.717, 1.165) is 35.5 Å². The molecule has 0 spiro atoms. The Hall–Kier alpha value is -2.95. The fourth-order valence-corrected chi connectivity index (χ4v) is 4.39. The number of likely N-dealkylation sites (N-methyl/N-ethyl adjacent to an activating group) is 1. The van der Waals surface area contributed by atoms with Crippen LogP contribution in [0.2, 0.25) is 0 Å². The minimum absolute atomic E-state index is 0.268. The van der Waals surface area contributed by atoms with E-state index in [0.29, 0.717) is 42.1 Å². The van der Waals surface area contributed by atoms with Gasteiger partial charge in [-0.2, -0.15) is 0 Å². The molecule has 0 atom stereocenters. The number of nitrogens with zero attached hydrogens (tertiary/aromatic N) is 4. The average molecular weight is 458 g/mol. The molecule has 0 radical (unpaired) electrons. The number of ether oxygens (including phenoxy) is 3. The first-order valence-corrected chi connectivity index (χ1v) is 11.2. The fraction of sp³-hybridized carbons (Fsp3) is 0.409. The summed E-state index contributed by atoms with van der Waals surface area (Å²) in [5, 5.41) is 3.42. The van der Waals surface area contributed by atoms with E-state index < -0.39 is 0 Å². The maximum atomic E-state index is 12.9. The summed E-state index contributed by atoms with van der Waals surface area (Å²) in [5.41, 5.74) is 2.27. The van der Waals surface area contributed by atoms with E-state index in [1.54, 1.807) is 25.4 Å². The van der Waals surface area contributed by atoms with Gasteiger partial charge in [0.05, 0.1) is 30.7 Å². The van der Waals surface area contributed by atoms with Gasteiger partial charge in [0.25, 0.3) is 5.91 Å². The molecule has 1 aliphatic heterocycles. The number of aromatic nitrogens is 2. The molecule has 1 N–H and O–H groups in total. The van der Waals surface area contributed by atoms with E-state index in [2.05, 4.69) is 20.2 Å². The van der Waals surface area contributed by atoms with E-state index in [9.17, 15) is 4.79 Å². The fourth-order valence-electron chi connectivity index (χ4n) is 3.37. The summed E-state index contributed by atoms with van der Waals surface area (Å²) in [6.45, 7) is 4.27. The number of amides is 1. The Morgan fingerprint density at radius 3 is 2.84 bits per heavy atom. The second-order valence-electron chi connectivity index (χ2n) is 7.57. The standard InChI is InChI=1S/C22H27N5O4S/c1-26(2)8-13-31-18-14-15(6-7-23-18)21(28)25-22-24-19-17(29-3)5-4-16(20(19)32-22)27-9-11-30-12-10-27/h4-7,14H,8-13H2,1-3H3,(H,24,25,28). The van der Waals surface area contributed by atoms with Gasteiger partial charge in [0.15, 0.2) is 5.13 Å². The van der Waals surface area contributed by atoms with Crippen LogP contribution < -0.4 is 19.7 Å². The van der Waals surface area contributed by atoms with Crippen molar-refractivity contribution in [3.05, 3.63) is 36.0 Å². The summed E-state index contributed by atoms with van der Waals surface area (Å²) in [6.07, 6.45) is 1.57. The number of thiazole rings is 1. The van der Waals surface area contributed by atoms with E-state index in [1.165, 1.54) is 11.3 Å². The SMILES string of the molecule is COc1ccc(N2CCOCC2)c2sc(NC(=O)c3ccnc(OCCN(C)C)c3)nc12. The van der Waals surface area contributed by atoms with Gasteiger partial charge in [-0.05, 0) is 32.3 Å². The van der Waals surface area contributed by atoms with Crippen molar-refractivity contribution in [2.75, 3.05) is 70.9 Å². The van der Waals surface area contributed by atoms with Crippen molar-refractivity contribution in [1.29, 1.82) is 0 Å². The van der Waals surface area contributed by atoms with Gasteiger partial charge < -0.3 is 24.0 Å². The number of rotatable bonds is 8. The van der Waals surface area contributed by atoms with Crippen molar-refractivity contribution in [3.8, 4) is 11.6 Å². The molecular formula is C22H27N5O4S. The van der Waals surface area contributed by atoms with Crippen LogP contribution in [0, 0.1) is 0 Å². The summed E-state index contributed by atoms with van der Waals surface area (Å²) in [6, 6.07) is 7.24. The predicted molar refractivity (Wildman–Crippen MR) is 125 cm³/mol. The summed E-state index contributed by atoms with van der Waals surface area (Å²) in [7, 11) is 5.56. The maximum Gasteiger partial charge on any atom is 0.257 e. The van der Waals surface area contributed by atoms with Crippen molar-refractivity contribution >= 4 is 38.3 Å². The molecule has 0 bridgehead atoms. The van der Waals surface area contributed by atoms with Crippen molar-refractivity contribution < 1.29 is 19.0 Å². The first kappa shape index (κ1) is 22.3. The van der Waals surface area contributed by atoms with E-state index >= 15 is 0 Å². The number of carbonyl (C=O) groups is 1. The molecule has 0 aliphatic carbocycles. The second-order valence-corrected chi connectivity index (χ2v) is 8.57. The molecule has 10 heteroatoms. The second kappa shape index (κ2) is 10.1. The molecule has 170 valence electrons. The molecule has 4 rings (SSSR count). The minimum atomic E-state index is -0.268. The van der Waals surface area contributed by atoms with Crippen LogP contribution in [0.15, 0.2) is 30.5 Å². The first-order valence-electron chi connectivity index (χ1n) is 10.4. The van der Waals surface area contributed by atoms with E-state index in [4.69, 9.17) is 14.2 Å². The molecule has 3 aromatic rings. The predicted octanol–water partition coefficient (Wildman–Crippen LogP) is 2.73. The van der Waals surface area contributed by atoms with Crippen LogP contribution >= 0.6 is 11.3 Å². The Balaban J connectivity index is 1.54. The molecule has 1 saturated heterocycles. The summed E-state index contributed by atoms with van der Waals surface area (Å²) in [5.74, 6) is 0.824. The third-order valence-electron chi connectivity index (χ3n) is 5.06. The number of hydrogen-bond acceptors (Lipinski definition) is 9. The quantitative estimate of drug-likeness (QED) is 0.552. The number of benzene rings is 1. The average Bonchev–Trinajstić information content (AvgIpc) is 3.22. The number of hydrogen-bond donors (Lipinski definition) is 1. The number of pyridine rings is 1. The third kappa shape index (κ3) is 5.09. The van der Waals surface area contributed by atoms with Crippen molar-refractivity contribution in [3.63, 3.8) is 0 Å². The molecular weight excluding hydrogens is 430 g/mol. The molecule has 0 unspecified atom stereocenters. The van der Waals surface area contributed by atoms with Crippen LogP contribution in [-0.4, -0.2) is 81.4 Å². The number of anilines is 2. The Labute approximate surface area is 190 Å². The highest BCUT2D eigenvalue weighted by Gasteiger charge is 2.20. The van der Waals surface area contributed by atoms with Gasteiger partial charge >= 0.3 is 0 Å². The zero-order chi connectivity index (χ0) is 22.5. The topological polar surface area (TPSA) is 89.0 Å².